The van der Waals surface area contributed by atoms with E-state index in [1.807, 2.05) is 26.0 Å². The molecule has 0 rings (SSSR count). The summed E-state index contributed by atoms with van der Waals surface area (Å²) >= 11 is 0. The van der Waals surface area contributed by atoms with Crippen LogP contribution in [-0.4, -0.2) is 6.29 Å². The van der Waals surface area contributed by atoms with E-state index in [2.05, 4.69) is 77.7 Å². The smallest absolute Gasteiger partial charge is 0.145 e. The summed E-state index contributed by atoms with van der Waals surface area (Å²) in [5, 5.41) is 0. The molecular formula is C32H38O. The predicted molar refractivity (Wildman–Crippen MR) is 144 cm³/mol. The predicted octanol–water partition coefficient (Wildman–Crippen LogP) is 7.68. The second-order valence-corrected chi connectivity index (χ2v) is 7.27. The maximum absolute atomic E-state index is 11.3. The summed E-state index contributed by atoms with van der Waals surface area (Å²) in [6.45, 7) is 3.87. The van der Waals surface area contributed by atoms with Crippen LogP contribution in [0.5, 0.6) is 0 Å². The van der Waals surface area contributed by atoms with Crippen molar-refractivity contribution in [3.8, 4) is 47.4 Å². The van der Waals surface area contributed by atoms with Crippen LogP contribution in [0.2, 0.25) is 0 Å². The van der Waals surface area contributed by atoms with Crippen molar-refractivity contribution in [3.05, 3.63) is 60.3 Å². The Morgan fingerprint density at radius 3 is 1.73 bits per heavy atom. The summed E-state index contributed by atoms with van der Waals surface area (Å²) in [6.07, 6.45) is 30.2. The minimum atomic E-state index is 0.736. The molecule has 1 nitrogen and oxygen atoms in total. The van der Waals surface area contributed by atoms with E-state index in [0.717, 1.165) is 69.6 Å². The quantitative estimate of drug-likeness (QED) is 0.0893. The van der Waals surface area contributed by atoms with Crippen LogP contribution in [-0.2, 0) is 4.79 Å². The fourth-order valence-corrected chi connectivity index (χ4v) is 2.70. The zero-order valence-corrected chi connectivity index (χ0v) is 20.5. The molecule has 0 atom stereocenters. The van der Waals surface area contributed by atoms with Crippen molar-refractivity contribution < 1.29 is 4.79 Å². The summed E-state index contributed by atoms with van der Waals surface area (Å²) < 4.78 is 0. The fraction of sp³-hybridized carbons (Fsp3) is 0.406. The van der Waals surface area contributed by atoms with Gasteiger partial charge in [0.15, 0.2) is 0 Å². The highest BCUT2D eigenvalue weighted by Crippen LogP contribution is 2.11. The van der Waals surface area contributed by atoms with Crippen LogP contribution in [0.4, 0.5) is 0 Å². The van der Waals surface area contributed by atoms with Gasteiger partial charge in [-0.25, -0.2) is 0 Å². The van der Waals surface area contributed by atoms with Gasteiger partial charge in [-0.15, -0.1) is 0 Å². The Labute approximate surface area is 203 Å². The minimum Gasteiger partial charge on any atom is -0.298 e. The fourth-order valence-electron chi connectivity index (χ4n) is 2.70. The maximum atomic E-state index is 11.3. The summed E-state index contributed by atoms with van der Waals surface area (Å²) in [6, 6.07) is 0. The third-order valence-electron chi connectivity index (χ3n) is 4.44. The first-order chi connectivity index (χ1) is 16.3. The lowest BCUT2D eigenvalue weighted by Crippen LogP contribution is -1.87. The van der Waals surface area contributed by atoms with Crippen molar-refractivity contribution in [1.29, 1.82) is 0 Å². The number of carbonyl (C=O) groups is 1. The molecule has 0 aliphatic carbocycles. The molecule has 172 valence electrons. The average Bonchev–Trinajstić information content (AvgIpc) is 2.83. The minimum absolute atomic E-state index is 0.736. The summed E-state index contributed by atoms with van der Waals surface area (Å²) in [4.78, 5) is 11.3. The average molecular weight is 439 g/mol. The van der Waals surface area contributed by atoms with E-state index in [9.17, 15) is 4.79 Å². The first-order valence-corrected chi connectivity index (χ1v) is 12.0. The van der Waals surface area contributed by atoms with E-state index < -0.39 is 0 Å². The monoisotopic (exact) mass is 438 g/mol. The number of hydrogen-bond donors (Lipinski definition) is 0. The molecule has 0 aromatic rings. The van der Waals surface area contributed by atoms with Crippen molar-refractivity contribution >= 4 is 6.29 Å². The Morgan fingerprint density at radius 2 is 1.18 bits per heavy atom. The van der Waals surface area contributed by atoms with Gasteiger partial charge in [-0.2, -0.15) is 0 Å². The van der Waals surface area contributed by atoms with Crippen molar-refractivity contribution in [1.82, 2.24) is 0 Å². The van der Waals surface area contributed by atoms with E-state index in [1.165, 1.54) is 12.8 Å². The van der Waals surface area contributed by atoms with Gasteiger partial charge in [0, 0.05) is 12.8 Å². The summed E-state index contributed by atoms with van der Waals surface area (Å²) in [5.74, 6) is 22.9. The van der Waals surface area contributed by atoms with Gasteiger partial charge in [0.2, 0.25) is 0 Å². The molecule has 0 bridgehead atoms. The number of unbranched alkanes of at least 4 members (excludes halogenated alkanes) is 6. The van der Waals surface area contributed by atoms with Crippen LogP contribution in [0.25, 0.3) is 0 Å². The first kappa shape index (κ1) is 29.6. The molecule has 0 amide bonds. The van der Waals surface area contributed by atoms with Crippen LogP contribution < -0.4 is 0 Å². The number of allylic oxidation sites excluding steroid dienone is 10. The van der Waals surface area contributed by atoms with Crippen molar-refractivity contribution in [2.45, 2.75) is 84.5 Å². The van der Waals surface area contributed by atoms with Crippen molar-refractivity contribution in [2.24, 2.45) is 0 Å². The van der Waals surface area contributed by atoms with E-state index in [0.29, 0.717) is 0 Å². The molecule has 33 heavy (non-hydrogen) atoms. The lowest BCUT2D eigenvalue weighted by molar-refractivity contribution is -0.105. The third kappa shape index (κ3) is 24.7. The molecule has 1 heteroatoms. The highest BCUT2D eigenvalue weighted by molar-refractivity contribution is 5.72. The lowest BCUT2D eigenvalue weighted by Gasteiger charge is -2.00. The molecule has 0 aromatic heterocycles. The van der Waals surface area contributed by atoms with Gasteiger partial charge < -0.3 is 0 Å². The molecule has 0 spiro atoms. The van der Waals surface area contributed by atoms with Gasteiger partial charge in [-0.1, -0.05) is 72.6 Å². The van der Waals surface area contributed by atoms with Crippen LogP contribution in [0, 0.1) is 47.4 Å². The standard InChI is InChI=1S/C32H38O/c1-3-5-7-9-11-13-15-17-18-20-22-24-26-28-30-32(31-33)29-27-25-23-21-19-16-14-12-10-8-6-4-2/h3-6,17-19,21,30-31H,15-16,20,22-29H2,1-2H3. The SMILES string of the molecule is CC=CC#CC#CCC=CCCCCCC=C(C=O)CCCCC=CCC#CC#CC=CC. The topological polar surface area (TPSA) is 17.1 Å². The molecule has 0 heterocycles. The zero-order chi connectivity index (χ0) is 24.1. The van der Waals surface area contributed by atoms with Crippen LogP contribution in [0.1, 0.15) is 84.5 Å². The van der Waals surface area contributed by atoms with Gasteiger partial charge in [0.05, 0.1) is 0 Å². The zero-order valence-electron chi connectivity index (χ0n) is 20.5. The molecule has 0 aliphatic heterocycles. The van der Waals surface area contributed by atoms with E-state index in [1.54, 1.807) is 12.2 Å². The summed E-state index contributed by atoms with van der Waals surface area (Å²) in [7, 11) is 0. The van der Waals surface area contributed by atoms with Gasteiger partial charge in [-0.3, -0.25) is 4.79 Å². The Morgan fingerprint density at radius 1 is 0.636 bits per heavy atom. The van der Waals surface area contributed by atoms with E-state index >= 15 is 0 Å². The molecule has 0 aromatic carbocycles. The van der Waals surface area contributed by atoms with Crippen molar-refractivity contribution in [2.75, 3.05) is 0 Å². The molecule has 0 unspecified atom stereocenters. The highest BCUT2D eigenvalue weighted by Gasteiger charge is 1.96. The van der Waals surface area contributed by atoms with Gasteiger partial charge in [0.25, 0.3) is 0 Å². The Hall–Kier alpha value is -3.39. The number of hydrogen-bond acceptors (Lipinski definition) is 1. The van der Waals surface area contributed by atoms with Crippen LogP contribution in [0.15, 0.2) is 60.3 Å². The molecule has 0 N–H and O–H groups in total. The molecule has 0 fully saturated rings. The van der Waals surface area contributed by atoms with Crippen LogP contribution >= 0.6 is 0 Å². The van der Waals surface area contributed by atoms with Gasteiger partial charge in [-0.05, 0) is 107 Å². The van der Waals surface area contributed by atoms with E-state index in [4.69, 9.17) is 0 Å². The number of carbonyl (C=O) groups excluding carboxylic acids is 1. The number of aldehydes is 1. The molecule has 0 aliphatic rings. The first-order valence-electron chi connectivity index (χ1n) is 12.0. The normalized spacial score (nSPS) is 10.9. The molecular weight excluding hydrogens is 400 g/mol. The van der Waals surface area contributed by atoms with Crippen molar-refractivity contribution in [3.63, 3.8) is 0 Å². The van der Waals surface area contributed by atoms with Crippen LogP contribution in [0.3, 0.4) is 0 Å². The van der Waals surface area contributed by atoms with Gasteiger partial charge >= 0.3 is 0 Å². The third-order valence-corrected chi connectivity index (χ3v) is 4.44. The van der Waals surface area contributed by atoms with Gasteiger partial charge in [0.1, 0.15) is 6.29 Å². The maximum Gasteiger partial charge on any atom is 0.145 e. The molecule has 0 radical (unpaired) electrons. The molecule has 0 saturated carbocycles. The lowest BCUT2D eigenvalue weighted by atomic mass is 10.1. The Kier molecular flexibility index (Phi) is 23.9. The largest absolute Gasteiger partial charge is 0.298 e. The second kappa shape index (κ2) is 26.6. The highest BCUT2D eigenvalue weighted by atomic mass is 16.1. The molecule has 0 saturated heterocycles. The summed E-state index contributed by atoms with van der Waals surface area (Å²) in [5.41, 5.74) is 0.945. The van der Waals surface area contributed by atoms with E-state index in [-0.39, 0.29) is 0 Å². The second-order valence-electron chi connectivity index (χ2n) is 7.27. The Balaban J connectivity index is 3.77. The number of rotatable bonds is 14. The Bertz CT molecular complexity index is 906.